The predicted molar refractivity (Wildman–Crippen MR) is 79.7 cm³/mol. The van der Waals surface area contributed by atoms with E-state index in [4.69, 9.17) is 4.74 Å². The number of carbonyl (C=O) groups is 1. The third-order valence-corrected chi connectivity index (χ3v) is 4.00. The number of halogens is 1. The minimum atomic E-state index is -0.238. The predicted octanol–water partition coefficient (Wildman–Crippen LogP) is 2.43. The first-order chi connectivity index (χ1) is 9.61. The summed E-state index contributed by atoms with van der Waals surface area (Å²) in [6, 6.07) is 5.64. The molecule has 1 N–H and O–H groups in total. The van der Waals surface area contributed by atoms with Crippen LogP contribution in [0.5, 0.6) is 5.75 Å². The molecule has 0 aliphatic carbocycles. The number of piperazine rings is 1. The Kier molecular flexibility index (Phi) is 5.25. The maximum atomic E-state index is 11.6. The molecule has 0 atom stereocenters. The molecule has 1 amide bonds. The van der Waals surface area contributed by atoms with Crippen LogP contribution in [0.25, 0.3) is 0 Å². The van der Waals surface area contributed by atoms with Gasteiger partial charge in [0.25, 0.3) is 0 Å². The quantitative estimate of drug-likeness (QED) is 0.916. The van der Waals surface area contributed by atoms with Gasteiger partial charge in [0.2, 0.25) is 0 Å². The smallest absolute Gasteiger partial charge is 0.409 e. The number of amides is 1. The Labute approximate surface area is 127 Å². The number of hydrogen-bond donors (Lipinski definition) is 1. The van der Waals surface area contributed by atoms with Crippen LogP contribution >= 0.6 is 15.9 Å². The number of hydrogen-bond acceptors (Lipinski definition) is 4. The number of nitrogens with zero attached hydrogens (tertiary/aromatic N) is 2. The average molecular weight is 343 g/mol. The van der Waals surface area contributed by atoms with Crippen LogP contribution in [0, 0.1) is 0 Å². The van der Waals surface area contributed by atoms with Crippen molar-refractivity contribution in [2.75, 3.05) is 32.8 Å². The standard InChI is InChI=1S/C14H19BrN2O3/c1-2-20-14(19)17-8-6-16(7-9-17)10-11-4-3-5-12(15)13(11)18/h3-5,18H,2,6-10H2,1H3. The number of phenolic OH excluding ortho intramolecular Hbond substituents is 1. The minimum absolute atomic E-state index is 0.238. The van der Waals surface area contributed by atoms with Crippen molar-refractivity contribution < 1.29 is 14.6 Å². The first-order valence-corrected chi connectivity index (χ1v) is 7.51. The van der Waals surface area contributed by atoms with Crippen molar-refractivity contribution in [3.05, 3.63) is 28.2 Å². The molecule has 0 bridgehead atoms. The fourth-order valence-corrected chi connectivity index (χ4v) is 2.64. The number of phenols is 1. The molecular formula is C14H19BrN2O3. The lowest BCUT2D eigenvalue weighted by atomic mass is 10.1. The third-order valence-electron chi connectivity index (χ3n) is 3.36. The molecule has 0 saturated carbocycles. The summed E-state index contributed by atoms with van der Waals surface area (Å²) < 4.78 is 5.70. The zero-order chi connectivity index (χ0) is 14.5. The normalized spacial score (nSPS) is 16.2. The molecule has 1 saturated heterocycles. The zero-order valence-electron chi connectivity index (χ0n) is 11.5. The van der Waals surface area contributed by atoms with Crippen molar-refractivity contribution in [2.24, 2.45) is 0 Å². The number of ether oxygens (including phenoxy) is 1. The second-order valence-electron chi connectivity index (χ2n) is 4.71. The summed E-state index contributed by atoms with van der Waals surface area (Å²) in [5.41, 5.74) is 0.893. The number of aromatic hydroxyl groups is 1. The molecule has 6 heteroatoms. The van der Waals surface area contributed by atoms with E-state index in [1.54, 1.807) is 4.90 Å². The molecule has 0 spiro atoms. The van der Waals surface area contributed by atoms with Crippen molar-refractivity contribution in [3.8, 4) is 5.75 Å². The fraction of sp³-hybridized carbons (Fsp3) is 0.500. The van der Waals surface area contributed by atoms with Crippen LogP contribution in [0.2, 0.25) is 0 Å². The summed E-state index contributed by atoms with van der Waals surface area (Å²) in [6.07, 6.45) is -0.238. The molecule has 5 nitrogen and oxygen atoms in total. The van der Waals surface area contributed by atoms with Gasteiger partial charge in [0.15, 0.2) is 0 Å². The van der Waals surface area contributed by atoms with Gasteiger partial charge in [0, 0.05) is 38.3 Å². The Balaban J connectivity index is 1.88. The molecule has 0 unspecified atom stereocenters. The maximum Gasteiger partial charge on any atom is 0.409 e. The monoisotopic (exact) mass is 342 g/mol. The second kappa shape index (κ2) is 6.95. The summed E-state index contributed by atoms with van der Waals surface area (Å²) >= 11 is 3.32. The van der Waals surface area contributed by atoms with Gasteiger partial charge in [-0.3, -0.25) is 4.90 Å². The highest BCUT2D eigenvalue weighted by Crippen LogP contribution is 2.28. The summed E-state index contributed by atoms with van der Waals surface area (Å²) in [4.78, 5) is 15.5. The van der Waals surface area contributed by atoms with Crippen molar-refractivity contribution in [1.82, 2.24) is 9.80 Å². The molecule has 2 rings (SSSR count). The molecule has 1 heterocycles. The Morgan fingerprint density at radius 2 is 2.05 bits per heavy atom. The zero-order valence-corrected chi connectivity index (χ0v) is 13.1. The fourth-order valence-electron chi connectivity index (χ4n) is 2.23. The van der Waals surface area contributed by atoms with Crippen molar-refractivity contribution in [2.45, 2.75) is 13.5 Å². The molecule has 110 valence electrons. The maximum absolute atomic E-state index is 11.6. The van der Waals surface area contributed by atoms with Gasteiger partial charge in [0.1, 0.15) is 5.75 Å². The van der Waals surface area contributed by atoms with Gasteiger partial charge in [-0.15, -0.1) is 0 Å². The van der Waals surface area contributed by atoms with Gasteiger partial charge in [-0.25, -0.2) is 4.79 Å². The Morgan fingerprint density at radius 3 is 2.70 bits per heavy atom. The van der Waals surface area contributed by atoms with Crippen LogP contribution in [0.1, 0.15) is 12.5 Å². The second-order valence-corrected chi connectivity index (χ2v) is 5.56. The molecular weight excluding hydrogens is 324 g/mol. The van der Waals surface area contributed by atoms with E-state index in [1.807, 2.05) is 25.1 Å². The third kappa shape index (κ3) is 3.64. The summed E-state index contributed by atoms with van der Waals surface area (Å²) in [5.74, 6) is 0.292. The molecule has 1 aliphatic heterocycles. The largest absolute Gasteiger partial charge is 0.506 e. The first kappa shape index (κ1) is 15.1. The van der Waals surface area contributed by atoms with E-state index in [2.05, 4.69) is 20.8 Å². The van der Waals surface area contributed by atoms with E-state index in [9.17, 15) is 9.90 Å². The van der Waals surface area contributed by atoms with Crippen molar-refractivity contribution in [3.63, 3.8) is 0 Å². The SMILES string of the molecule is CCOC(=O)N1CCN(Cc2cccc(Br)c2O)CC1. The summed E-state index contributed by atoms with van der Waals surface area (Å²) in [7, 11) is 0. The number of para-hydroxylation sites is 1. The van der Waals surface area contributed by atoms with Gasteiger partial charge < -0.3 is 14.7 Å². The molecule has 0 radical (unpaired) electrons. The Bertz CT molecular complexity index is 473. The molecule has 20 heavy (non-hydrogen) atoms. The first-order valence-electron chi connectivity index (χ1n) is 6.72. The Morgan fingerprint density at radius 1 is 1.35 bits per heavy atom. The highest BCUT2D eigenvalue weighted by atomic mass is 79.9. The van der Waals surface area contributed by atoms with Gasteiger partial charge in [0.05, 0.1) is 11.1 Å². The van der Waals surface area contributed by atoms with Crippen LogP contribution in [-0.4, -0.2) is 53.8 Å². The average Bonchev–Trinajstić information content (AvgIpc) is 2.45. The number of benzene rings is 1. The van der Waals surface area contributed by atoms with Crippen molar-refractivity contribution in [1.29, 1.82) is 0 Å². The molecule has 1 aromatic carbocycles. The lowest BCUT2D eigenvalue weighted by Crippen LogP contribution is -2.48. The highest BCUT2D eigenvalue weighted by molar-refractivity contribution is 9.10. The van der Waals surface area contributed by atoms with Crippen LogP contribution in [-0.2, 0) is 11.3 Å². The van der Waals surface area contributed by atoms with Crippen LogP contribution in [0.3, 0.4) is 0 Å². The number of rotatable bonds is 3. The topological polar surface area (TPSA) is 53.0 Å². The molecule has 0 aromatic heterocycles. The van der Waals surface area contributed by atoms with Gasteiger partial charge >= 0.3 is 6.09 Å². The lowest BCUT2D eigenvalue weighted by Gasteiger charge is -2.34. The van der Waals surface area contributed by atoms with E-state index in [0.717, 1.165) is 18.7 Å². The molecule has 1 fully saturated rings. The lowest BCUT2D eigenvalue weighted by molar-refractivity contribution is 0.0776. The molecule has 1 aliphatic rings. The Hall–Kier alpha value is -1.27. The van der Waals surface area contributed by atoms with E-state index in [0.29, 0.717) is 36.5 Å². The van der Waals surface area contributed by atoms with Gasteiger partial charge in [-0.1, -0.05) is 12.1 Å². The molecule has 1 aromatic rings. The van der Waals surface area contributed by atoms with E-state index in [1.165, 1.54) is 0 Å². The van der Waals surface area contributed by atoms with Crippen LogP contribution < -0.4 is 0 Å². The van der Waals surface area contributed by atoms with Crippen LogP contribution in [0.4, 0.5) is 4.79 Å². The van der Waals surface area contributed by atoms with Crippen molar-refractivity contribution >= 4 is 22.0 Å². The summed E-state index contributed by atoms with van der Waals surface area (Å²) in [6.45, 7) is 5.79. The summed E-state index contributed by atoms with van der Waals surface area (Å²) in [5, 5.41) is 9.98. The van der Waals surface area contributed by atoms with Gasteiger partial charge in [-0.2, -0.15) is 0 Å². The van der Waals surface area contributed by atoms with E-state index in [-0.39, 0.29) is 6.09 Å². The van der Waals surface area contributed by atoms with E-state index >= 15 is 0 Å². The van der Waals surface area contributed by atoms with Gasteiger partial charge in [-0.05, 0) is 28.9 Å². The highest BCUT2D eigenvalue weighted by Gasteiger charge is 2.22. The van der Waals surface area contributed by atoms with Crippen LogP contribution in [0.15, 0.2) is 22.7 Å². The van der Waals surface area contributed by atoms with E-state index < -0.39 is 0 Å². The minimum Gasteiger partial charge on any atom is -0.506 e. The number of carbonyl (C=O) groups excluding carboxylic acids is 1.